The lowest BCUT2D eigenvalue weighted by Crippen LogP contribution is -2.45. The second kappa shape index (κ2) is 6.59. The highest BCUT2D eigenvalue weighted by atomic mass is 79.9. The fraction of sp³-hybridized carbons (Fsp3) is 0.412. The molecule has 1 fully saturated rings. The van der Waals surface area contributed by atoms with Gasteiger partial charge in [0.1, 0.15) is 0 Å². The summed E-state index contributed by atoms with van der Waals surface area (Å²) < 4.78 is 5.87. The number of amides is 2. The molecule has 8 heteroatoms. The minimum absolute atomic E-state index is 0.0635. The molecule has 0 bridgehead atoms. The maximum Gasteiger partial charge on any atom is 0.227 e. The van der Waals surface area contributed by atoms with Crippen molar-refractivity contribution in [2.45, 2.75) is 32.7 Å². The normalized spacial score (nSPS) is 17.8. The van der Waals surface area contributed by atoms with Crippen LogP contribution in [0.25, 0.3) is 0 Å². The van der Waals surface area contributed by atoms with Gasteiger partial charge in [0.2, 0.25) is 17.7 Å². The third-order valence-electron chi connectivity index (χ3n) is 4.14. The monoisotopic (exact) mass is 406 g/mol. The SMILES string of the molecule is Cc1nc(C(C)(C)NC(=O)C2CC(=O)N(c3cccc(Br)c3)C2)no1. The van der Waals surface area contributed by atoms with Gasteiger partial charge < -0.3 is 14.7 Å². The van der Waals surface area contributed by atoms with Gasteiger partial charge in [0, 0.05) is 30.0 Å². The predicted molar refractivity (Wildman–Crippen MR) is 94.8 cm³/mol. The Labute approximate surface area is 153 Å². The Morgan fingerprint density at radius 1 is 1.44 bits per heavy atom. The first-order valence-corrected chi connectivity index (χ1v) is 8.74. The minimum atomic E-state index is -0.777. The Balaban J connectivity index is 1.70. The van der Waals surface area contributed by atoms with Crippen molar-refractivity contribution in [3.8, 4) is 0 Å². The molecule has 1 unspecified atom stereocenters. The quantitative estimate of drug-likeness (QED) is 0.842. The van der Waals surface area contributed by atoms with Gasteiger partial charge in [-0.05, 0) is 32.0 Å². The summed E-state index contributed by atoms with van der Waals surface area (Å²) in [5.74, 6) is 0.171. The Morgan fingerprint density at radius 2 is 2.20 bits per heavy atom. The predicted octanol–water partition coefficient (Wildman–Crippen LogP) is 2.54. The number of rotatable bonds is 4. The van der Waals surface area contributed by atoms with Crippen LogP contribution in [0.5, 0.6) is 0 Å². The number of carbonyl (C=O) groups is 2. The Bertz CT molecular complexity index is 818. The number of nitrogens with one attached hydrogen (secondary N) is 1. The molecule has 132 valence electrons. The van der Waals surface area contributed by atoms with E-state index >= 15 is 0 Å². The third kappa shape index (κ3) is 3.73. The number of carbonyl (C=O) groups excluding carboxylic acids is 2. The molecule has 3 rings (SSSR count). The highest BCUT2D eigenvalue weighted by Crippen LogP contribution is 2.28. The molecule has 1 aromatic carbocycles. The van der Waals surface area contributed by atoms with Gasteiger partial charge in [-0.25, -0.2) is 0 Å². The van der Waals surface area contributed by atoms with E-state index in [0.29, 0.717) is 18.3 Å². The molecule has 0 aliphatic carbocycles. The average Bonchev–Trinajstić information content (AvgIpc) is 3.13. The molecule has 0 saturated carbocycles. The maximum atomic E-state index is 12.6. The summed E-state index contributed by atoms with van der Waals surface area (Å²) in [5.41, 5.74) is 0.00360. The van der Waals surface area contributed by atoms with Crippen LogP contribution in [0.15, 0.2) is 33.3 Å². The van der Waals surface area contributed by atoms with E-state index in [4.69, 9.17) is 4.52 Å². The van der Waals surface area contributed by atoms with E-state index in [1.807, 2.05) is 24.3 Å². The van der Waals surface area contributed by atoms with E-state index in [-0.39, 0.29) is 18.2 Å². The van der Waals surface area contributed by atoms with Crippen LogP contribution in [-0.4, -0.2) is 28.5 Å². The fourth-order valence-corrected chi connectivity index (χ4v) is 3.18. The van der Waals surface area contributed by atoms with Crippen LogP contribution in [0.1, 0.15) is 32.0 Å². The zero-order valence-corrected chi connectivity index (χ0v) is 15.8. The highest BCUT2D eigenvalue weighted by Gasteiger charge is 2.38. The van der Waals surface area contributed by atoms with E-state index in [0.717, 1.165) is 10.2 Å². The summed E-state index contributed by atoms with van der Waals surface area (Å²) in [6.07, 6.45) is 0.180. The molecule has 0 radical (unpaired) electrons. The van der Waals surface area contributed by atoms with Crippen molar-refractivity contribution in [1.29, 1.82) is 0 Å². The second-order valence-corrected chi connectivity index (χ2v) is 7.55. The van der Waals surface area contributed by atoms with E-state index in [2.05, 4.69) is 31.4 Å². The van der Waals surface area contributed by atoms with E-state index in [1.54, 1.807) is 25.7 Å². The molecule has 7 nitrogen and oxygen atoms in total. The lowest BCUT2D eigenvalue weighted by atomic mass is 10.0. The van der Waals surface area contributed by atoms with E-state index < -0.39 is 11.5 Å². The number of halogens is 1. The molecule has 1 aromatic heterocycles. The van der Waals surface area contributed by atoms with Crippen molar-refractivity contribution in [2.75, 3.05) is 11.4 Å². The summed E-state index contributed by atoms with van der Waals surface area (Å²) >= 11 is 3.40. The van der Waals surface area contributed by atoms with Gasteiger partial charge in [0.25, 0.3) is 0 Å². The van der Waals surface area contributed by atoms with Crippen molar-refractivity contribution in [2.24, 2.45) is 5.92 Å². The highest BCUT2D eigenvalue weighted by molar-refractivity contribution is 9.10. The number of hydrogen-bond acceptors (Lipinski definition) is 5. The standard InChI is InChI=1S/C17H19BrN4O3/c1-10-19-16(21-25-10)17(2,3)20-15(24)11-7-14(23)22(9-11)13-6-4-5-12(18)8-13/h4-6,8,11H,7,9H2,1-3H3,(H,20,24). The molecule has 1 aliphatic rings. The molecule has 1 atom stereocenters. The summed E-state index contributed by atoms with van der Waals surface area (Å²) in [6, 6.07) is 7.48. The van der Waals surface area contributed by atoms with Gasteiger partial charge in [-0.2, -0.15) is 4.98 Å². The molecule has 1 aliphatic heterocycles. The lowest BCUT2D eigenvalue weighted by Gasteiger charge is -2.24. The third-order valence-corrected chi connectivity index (χ3v) is 4.63. The van der Waals surface area contributed by atoms with Crippen LogP contribution in [-0.2, 0) is 15.1 Å². The molecule has 1 saturated heterocycles. The van der Waals surface area contributed by atoms with Crippen LogP contribution in [0, 0.1) is 12.8 Å². The van der Waals surface area contributed by atoms with Gasteiger partial charge in [0.05, 0.1) is 11.5 Å². The Kier molecular flexibility index (Phi) is 4.64. The number of nitrogens with zero attached hydrogens (tertiary/aromatic N) is 3. The van der Waals surface area contributed by atoms with Gasteiger partial charge in [0.15, 0.2) is 5.82 Å². The van der Waals surface area contributed by atoms with Crippen LogP contribution in [0.4, 0.5) is 5.69 Å². The average molecular weight is 407 g/mol. The Hall–Kier alpha value is -2.22. The first kappa shape index (κ1) is 17.6. The smallest absolute Gasteiger partial charge is 0.227 e. The lowest BCUT2D eigenvalue weighted by molar-refractivity contribution is -0.127. The summed E-state index contributed by atoms with van der Waals surface area (Å²) in [6.45, 7) is 5.65. The van der Waals surface area contributed by atoms with Crippen LogP contribution in [0.3, 0.4) is 0 Å². The maximum absolute atomic E-state index is 12.6. The van der Waals surface area contributed by atoms with E-state index in [9.17, 15) is 9.59 Å². The number of anilines is 1. The first-order chi connectivity index (χ1) is 11.8. The zero-order valence-electron chi connectivity index (χ0n) is 14.2. The van der Waals surface area contributed by atoms with Crippen molar-refractivity contribution < 1.29 is 14.1 Å². The molecule has 2 amide bonds. The van der Waals surface area contributed by atoms with Crippen molar-refractivity contribution in [3.05, 3.63) is 40.5 Å². The number of aryl methyl sites for hydroxylation is 1. The summed E-state index contributed by atoms with van der Waals surface area (Å²) in [4.78, 5) is 30.8. The number of aromatic nitrogens is 2. The summed E-state index contributed by atoms with van der Waals surface area (Å²) in [5, 5.41) is 6.79. The zero-order chi connectivity index (χ0) is 18.2. The molecule has 2 aromatic rings. The second-order valence-electron chi connectivity index (χ2n) is 6.64. The van der Waals surface area contributed by atoms with Crippen LogP contribution in [0.2, 0.25) is 0 Å². The molecule has 25 heavy (non-hydrogen) atoms. The largest absolute Gasteiger partial charge is 0.343 e. The van der Waals surface area contributed by atoms with Gasteiger partial charge in [-0.3, -0.25) is 9.59 Å². The first-order valence-electron chi connectivity index (χ1n) is 7.95. The minimum Gasteiger partial charge on any atom is -0.343 e. The fourth-order valence-electron chi connectivity index (χ4n) is 2.80. The van der Waals surface area contributed by atoms with Crippen molar-refractivity contribution in [3.63, 3.8) is 0 Å². The Morgan fingerprint density at radius 3 is 2.84 bits per heavy atom. The molecular weight excluding hydrogens is 388 g/mol. The molecular formula is C17H19BrN4O3. The number of hydrogen-bond donors (Lipinski definition) is 1. The van der Waals surface area contributed by atoms with Gasteiger partial charge >= 0.3 is 0 Å². The summed E-state index contributed by atoms with van der Waals surface area (Å²) in [7, 11) is 0. The van der Waals surface area contributed by atoms with Gasteiger partial charge in [-0.15, -0.1) is 0 Å². The molecule has 2 heterocycles. The van der Waals surface area contributed by atoms with Gasteiger partial charge in [-0.1, -0.05) is 27.2 Å². The van der Waals surface area contributed by atoms with Crippen LogP contribution < -0.4 is 10.2 Å². The molecule has 1 N–H and O–H groups in total. The van der Waals surface area contributed by atoms with E-state index in [1.165, 1.54) is 0 Å². The number of benzene rings is 1. The van der Waals surface area contributed by atoms with Crippen molar-refractivity contribution >= 4 is 33.4 Å². The van der Waals surface area contributed by atoms with Crippen LogP contribution >= 0.6 is 15.9 Å². The van der Waals surface area contributed by atoms with Crippen molar-refractivity contribution in [1.82, 2.24) is 15.5 Å². The topological polar surface area (TPSA) is 88.3 Å². The molecule has 0 spiro atoms.